The number of benzene rings is 4. The Labute approximate surface area is 233 Å². The minimum atomic E-state index is -1.10. The molecule has 0 saturated carbocycles. The van der Waals surface area contributed by atoms with Crippen LogP contribution in [0.4, 0.5) is 16.2 Å². The highest BCUT2D eigenvalue weighted by Crippen LogP contribution is 2.39. The fourth-order valence-corrected chi connectivity index (χ4v) is 4.27. The summed E-state index contributed by atoms with van der Waals surface area (Å²) < 4.78 is 16.9. The van der Waals surface area contributed by atoms with Crippen molar-refractivity contribution in [3.8, 4) is 34.1 Å². The van der Waals surface area contributed by atoms with E-state index >= 15 is 0 Å². The van der Waals surface area contributed by atoms with Gasteiger partial charge in [-0.2, -0.15) is 0 Å². The number of urea groups is 1. The molecule has 40 heavy (non-hydrogen) atoms. The van der Waals surface area contributed by atoms with Crippen LogP contribution in [0.5, 0.6) is 23.0 Å². The zero-order valence-corrected chi connectivity index (χ0v) is 23.1. The topological polar surface area (TPSA) is 106 Å². The number of hydrogen-bond acceptors (Lipinski definition) is 5. The summed E-state index contributed by atoms with van der Waals surface area (Å²) in [6, 6.07) is 24.5. The molecule has 4 rings (SSSR count). The lowest BCUT2D eigenvalue weighted by atomic mass is 9.86. The Balaban J connectivity index is 1.75. The number of anilines is 2. The standard InChI is InChI=1S/C32H32N2O6/c1-32(2,3)23-10-6-8-12-27(23)40-29-17-15-21(20-14-16-26(38-4)22(18-20)30(35)36)19-25(29)34-31(37)33-24-11-7-9-13-28(24)39-5/h6-19H,1-5H3,(H,35,36)(H2,33,34,37). The molecule has 4 aromatic carbocycles. The molecule has 206 valence electrons. The summed E-state index contributed by atoms with van der Waals surface area (Å²) in [5.74, 6) is 0.744. The maximum Gasteiger partial charge on any atom is 0.339 e. The number of aromatic carboxylic acids is 1. The van der Waals surface area contributed by atoms with Crippen LogP contribution >= 0.6 is 0 Å². The Hall–Kier alpha value is -4.98. The van der Waals surface area contributed by atoms with Gasteiger partial charge >= 0.3 is 12.0 Å². The van der Waals surface area contributed by atoms with Crippen LogP contribution in [0.25, 0.3) is 11.1 Å². The first-order chi connectivity index (χ1) is 19.1. The second-order valence-corrected chi connectivity index (χ2v) is 10.1. The first-order valence-corrected chi connectivity index (χ1v) is 12.6. The van der Waals surface area contributed by atoms with E-state index in [0.29, 0.717) is 39.8 Å². The van der Waals surface area contributed by atoms with Crippen molar-refractivity contribution in [3.05, 3.63) is 96.1 Å². The minimum Gasteiger partial charge on any atom is -0.496 e. The van der Waals surface area contributed by atoms with E-state index in [0.717, 1.165) is 5.56 Å². The van der Waals surface area contributed by atoms with E-state index in [1.165, 1.54) is 20.3 Å². The molecule has 0 aliphatic heterocycles. The maximum absolute atomic E-state index is 13.1. The van der Waals surface area contributed by atoms with Gasteiger partial charge in [0.1, 0.15) is 22.8 Å². The number of rotatable bonds is 8. The van der Waals surface area contributed by atoms with Crippen LogP contribution in [0.2, 0.25) is 0 Å². The lowest BCUT2D eigenvalue weighted by molar-refractivity contribution is 0.0693. The lowest BCUT2D eigenvalue weighted by Crippen LogP contribution is -2.20. The van der Waals surface area contributed by atoms with Crippen LogP contribution < -0.4 is 24.8 Å². The highest BCUT2D eigenvalue weighted by Gasteiger charge is 2.21. The van der Waals surface area contributed by atoms with Crippen molar-refractivity contribution < 1.29 is 28.9 Å². The van der Waals surface area contributed by atoms with Crippen molar-refractivity contribution in [3.63, 3.8) is 0 Å². The monoisotopic (exact) mass is 540 g/mol. The van der Waals surface area contributed by atoms with Crippen LogP contribution in [-0.2, 0) is 5.41 Å². The van der Waals surface area contributed by atoms with Crippen molar-refractivity contribution in [2.75, 3.05) is 24.9 Å². The van der Waals surface area contributed by atoms with Gasteiger partial charge in [-0.05, 0) is 59.0 Å². The third-order valence-corrected chi connectivity index (χ3v) is 6.26. The van der Waals surface area contributed by atoms with Crippen LogP contribution in [0.1, 0.15) is 36.7 Å². The summed E-state index contributed by atoms with van der Waals surface area (Å²) in [5.41, 5.74) is 3.05. The second kappa shape index (κ2) is 11.8. The van der Waals surface area contributed by atoms with E-state index in [1.807, 2.05) is 36.4 Å². The van der Waals surface area contributed by atoms with E-state index in [9.17, 15) is 14.7 Å². The molecule has 8 heteroatoms. The van der Waals surface area contributed by atoms with E-state index in [2.05, 4.69) is 31.4 Å². The first-order valence-electron chi connectivity index (χ1n) is 12.6. The number of carboxylic acid groups (broad SMARTS) is 1. The fraction of sp³-hybridized carbons (Fsp3) is 0.188. The number of carbonyl (C=O) groups excluding carboxylic acids is 1. The molecule has 3 N–H and O–H groups in total. The number of methoxy groups -OCH3 is 2. The average Bonchev–Trinajstić information content (AvgIpc) is 2.93. The Morgan fingerprint density at radius 2 is 1.25 bits per heavy atom. The van der Waals surface area contributed by atoms with Crippen LogP contribution in [0.15, 0.2) is 84.9 Å². The molecule has 0 bridgehead atoms. The molecule has 0 fully saturated rings. The van der Waals surface area contributed by atoms with Gasteiger partial charge < -0.3 is 30.0 Å². The van der Waals surface area contributed by atoms with Crippen molar-refractivity contribution in [2.45, 2.75) is 26.2 Å². The quantitative estimate of drug-likeness (QED) is 0.211. The van der Waals surface area contributed by atoms with E-state index in [-0.39, 0.29) is 16.7 Å². The summed E-state index contributed by atoms with van der Waals surface area (Å²) in [4.78, 5) is 24.9. The van der Waals surface area contributed by atoms with E-state index < -0.39 is 12.0 Å². The zero-order chi connectivity index (χ0) is 28.9. The first kappa shape index (κ1) is 28.0. The van der Waals surface area contributed by atoms with Gasteiger partial charge in [0.15, 0.2) is 5.75 Å². The summed E-state index contributed by atoms with van der Waals surface area (Å²) in [7, 11) is 2.95. The summed E-state index contributed by atoms with van der Waals surface area (Å²) in [6.07, 6.45) is 0. The van der Waals surface area contributed by atoms with Gasteiger partial charge in [-0.1, -0.05) is 63.2 Å². The number of nitrogens with one attached hydrogen (secondary N) is 2. The number of amides is 2. The second-order valence-electron chi connectivity index (χ2n) is 10.1. The fourth-order valence-electron chi connectivity index (χ4n) is 4.27. The molecule has 0 spiro atoms. The number of hydrogen-bond donors (Lipinski definition) is 3. The van der Waals surface area contributed by atoms with Crippen molar-refractivity contribution >= 4 is 23.4 Å². The Bertz CT molecular complexity index is 1540. The van der Waals surface area contributed by atoms with E-state index in [1.54, 1.807) is 42.5 Å². The van der Waals surface area contributed by atoms with Crippen LogP contribution in [0, 0.1) is 0 Å². The normalized spacial score (nSPS) is 10.9. The largest absolute Gasteiger partial charge is 0.496 e. The Morgan fingerprint density at radius 3 is 1.90 bits per heavy atom. The predicted octanol–water partition coefficient (Wildman–Crippen LogP) is 7.80. The minimum absolute atomic E-state index is 0.0304. The Kier molecular flexibility index (Phi) is 8.29. The molecule has 0 unspecified atom stereocenters. The third-order valence-electron chi connectivity index (χ3n) is 6.26. The van der Waals surface area contributed by atoms with Crippen LogP contribution in [0.3, 0.4) is 0 Å². The number of para-hydroxylation sites is 3. The molecule has 2 amide bonds. The number of carboxylic acids is 1. The molecule has 4 aromatic rings. The Morgan fingerprint density at radius 1 is 0.675 bits per heavy atom. The smallest absolute Gasteiger partial charge is 0.339 e. The van der Waals surface area contributed by atoms with Gasteiger partial charge in [0.05, 0.1) is 25.6 Å². The van der Waals surface area contributed by atoms with Crippen molar-refractivity contribution in [1.29, 1.82) is 0 Å². The molecule has 0 radical (unpaired) electrons. The van der Waals surface area contributed by atoms with Gasteiger partial charge in [-0.25, -0.2) is 9.59 Å². The highest BCUT2D eigenvalue weighted by atomic mass is 16.5. The summed E-state index contributed by atoms with van der Waals surface area (Å²) in [6.45, 7) is 6.30. The molecule has 0 aliphatic rings. The van der Waals surface area contributed by atoms with Crippen LogP contribution in [-0.4, -0.2) is 31.3 Å². The van der Waals surface area contributed by atoms with Crippen molar-refractivity contribution in [2.24, 2.45) is 0 Å². The molecular weight excluding hydrogens is 508 g/mol. The van der Waals surface area contributed by atoms with Gasteiger partial charge in [0.2, 0.25) is 0 Å². The van der Waals surface area contributed by atoms with Crippen molar-refractivity contribution in [1.82, 2.24) is 0 Å². The summed E-state index contributed by atoms with van der Waals surface area (Å²) in [5, 5.41) is 15.3. The van der Waals surface area contributed by atoms with Gasteiger partial charge in [0, 0.05) is 5.56 Å². The molecule has 0 aromatic heterocycles. The number of ether oxygens (including phenoxy) is 3. The average molecular weight is 541 g/mol. The molecular formula is C32H32N2O6. The molecule has 0 saturated heterocycles. The molecule has 0 aliphatic carbocycles. The predicted molar refractivity (Wildman–Crippen MR) is 156 cm³/mol. The van der Waals surface area contributed by atoms with Gasteiger partial charge in [-0.3, -0.25) is 0 Å². The van der Waals surface area contributed by atoms with Gasteiger partial charge in [0.25, 0.3) is 0 Å². The lowest BCUT2D eigenvalue weighted by Gasteiger charge is -2.23. The van der Waals surface area contributed by atoms with E-state index in [4.69, 9.17) is 14.2 Å². The highest BCUT2D eigenvalue weighted by molar-refractivity contribution is 6.02. The molecule has 0 atom stereocenters. The maximum atomic E-state index is 13.1. The zero-order valence-electron chi connectivity index (χ0n) is 23.1. The number of carbonyl (C=O) groups is 2. The molecule has 0 heterocycles. The van der Waals surface area contributed by atoms with Gasteiger partial charge in [-0.15, -0.1) is 0 Å². The molecule has 8 nitrogen and oxygen atoms in total. The summed E-state index contributed by atoms with van der Waals surface area (Å²) >= 11 is 0. The third kappa shape index (κ3) is 6.35. The SMILES string of the molecule is COc1ccccc1NC(=O)Nc1cc(-c2ccc(OC)c(C(=O)O)c2)ccc1Oc1ccccc1C(C)(C)C.